The van der Waals surface area contributed by atoms with Crippen molar-refractivity contribution >= 4 is 23.5 Å². The van der Waals surface area contributed by atoms with E-state index in [2.05, 4.69) is 5.32 Å². The monoisotopic (exact) mass is 355 g/mol. The molecule has 1 heterocycles. The van der Waals surface area contributed by atoms with Crippen molar-refractivity contribution in [3.63, 3.8) is 0 Å². The summed E-state index contributed by atoms with van der Waals surface area (Å²) in [4.78, 5) is 23.6. The Morgan fingerprint density at radius 3 is 2.75 bits per heavy atom. The van der Waals surface area contributed by atoms with Gasteiger partial charge in [-0.05, 0) is 43.9 Å². The quantitative estimate of drug-likeness (QED) is 0.784. The number of halogens is 1. The normalized spacial score (nSPS) is 17.8. The van der Waals surface area contributed by atoms with E-state index in [1.807, 2.05) is 0 Å². The smallest absolute Gasteiger partial charge is 0.308 e. The van der Waals surface area contributed by atoms with Gasteiger partial charge in [0.1, 0.15) is 5.75 Å². The van der Waals surface area contributed by atoms with E-state index in [1.54, 1.807) is 31.2 Å². The number of nitrogens with one attached hydrogen (secondary N) is 1. The third kappa shape index (κ3) is 5.39. The van der Waals surface area contributed by atoms with Gasteiger partial charge >= 0.3 is 5.97 Å². The highest BCUT2D eigenvalue weighted by molar-refractivity contribution is 6.30. The molecule has 132 valence electrons. The number of aliphatic carboxylic acids is 1. The Bertz CT molecular complexity index is 574. The van der Waals surface area contributed by atoms with E-state index < -0.39 is 18.0 Å². The van der Waals surface area contributed by atoms with Crippen LogP contribution in [0.15, 0.2) is 24.3 Å². The minimum absolute atomic E-state index is 0.0145. The van der Waals surface area contributed by atoms with Crippen LogP contribution in [0.2, 0.25) is 5.02 Å². The number of carbonyl (C=O) groups is 2. The van der Waals surface area contributed by atoms with Gasteiger partial charge in [0, 0.05) is 24.8 Å². The molecule has 0 saturated carbocycles. The highest BCUT2D eigenvalue weighted by Crippen LogP contribution is 2.24. The Hall–Kier alpha value is -1.79. The van der Waals surface area contributed by atoms with Crippen molar-refractivity contribution in [2.24, 2.45) is 11.8 Å². The Morgan fingerprint density at radius 2 is 2.12 bits per heavy atom. The highest BCUT2D eigenvalue weighted by atomic mass is 35.5. The van der Waals surface area contributed by atoms with E-state index in [0.29, 0.717) is 36.8 Å². The van der Waals surface area contributed by atoms with Crippen molar-refractivity contribution in [2.45, 2.75) is 25.9 Å². The summed E-state index contributed by atoms with van der Waals surface area (Å²) in [6, 6.07) is 6.77. The second-order valence-electron chi connectivity index (χ2n) is 5.86. The number of carboxylic acid groups (broad SMARTS) is 1. The van der Waals surface area contributed by atoms with Crippen molar-refractivity contribution in [1.82, 2.24) is 5.32 Å². The first-order valence-electron chi connectivity index (χ1n) is 7.98. The van der Waals surface area contributed by atoms with Gasteiger partial charge in [0.05, 0.1) is 5.92 Å². The molecule has 2 unspecified atom stereocenters. The third-order valence-electron chi connectivity index (χ3n) is 4.13. The SMILES string of the molecule is CC(Oc1cccc(Cl)c1)C(=O)NCC(C(=O)O)C1CCOCC1. The third-order valence-corrected chi connectivity index (χ3v) is 4.36. The predicted molar refractivity (Wildman–Crippen MR) is 89.2 cm³/mol. The molecule has 1 fully saturated rings. The number of hydrogen-bond donors (Lipinski definition) is 2. The van der Waals surface area contributed by atoms with Gasteiger partial charge in [-0.1, -0.05) is 17.7 Å². The van der Waals surface area contributed by atoms with Crippen LogP contribution in [0.1, 0.15) is 19.8 Å². The van der Waals surface area contributed by atoms with Gasteiger partial charge in [-0.3, -0.25) is 9.59 Å². The predicted octanol–water partition coefficient (Wildman–Crippen LogP) is 2.35. The Kier molecular flexibility index (Phi) is 6.87. The summed E-state index contributed by atoms with van der Waals surface area (Å²) in [6.07, 6.45) is 0.649. The van der Waals surface area contributed by atoms with E-state index in [9.17, 15) is 14.7 Å². The van der Waals surface area contributed by atoms with Crippen LogP contribution in [0.4, 0.5) is 0 Å². The van der Waals surface area contributed by atoms with Gasteiger partial charge in [0.15, 0.2) is 6.10 Å². The number of carbonyl (C=O) groups excluding carboxylic acids is 1. The van der Waals surface area contributed by atoms with E-state index in [0.717, 1.165) is 0 Å². The maximum atomic E-state index is 12.2. The van der Waals surface area contributed by atoms with Crippen LogP contribution in [0, 0.1) is 11.8 Å². The molecule has 24 heavy (non-hydrogen) atoms. The molecule has 2 rings (SSSR count). The molecule has 1 amide bonds. The lowest BCUT2D eigenvalue weighted by molar-refractivity contribution is -0.145. The molecule has 2 N–H and O–H groups in total. The number of rotatable bonds is 7. The maximum absolute atomic E-state index is 12.2. The van der Waals surface area contributed by atoms with Crippen molar-refractivity contribution < 1.29 is 24.2 Å². The zero-order valence-corrected chi connectivity index (χ0v) is 14.3. The molecule has 7 heteroatoms. The van der Waals surface area contributed by atoms with E-state index in [1.165, 1.54) is 0 Å². The molecule has 1 aliphatic heterocycles. The summed E-state index contributed by atoms with van der Waals surface area (Å²) in [5.41, 5.74) is 0. The summed E-state index contributed by atoms with van der Waals surface area (Å²) in [7, 11) is 0. The number of ether oxygens (including phenoxy) is 2. The number of hydrogen-bond acceptors (Lipinski definition) is 4. The average molecular weight is 356 g/mol. The van der Waals surface area contributed by atoms with E-state index >= 15 is 0 Å². The second kappa shape index (κ2) is 8.89. The molecule has 0 spiro atoms. The van der Waals surface area contributed by atoms with E-state index in [-0.39, 0.29) is 18.4 Å². The summed E-state index contributed by atoms with van der Waals surface area (Å²) in [5, 5.41) is 12.6. The molecule has 0 aliphatic carbocycles. The highest BCUT2D eigenvalue weighted by Gasteiger charge is 2.30. The van der Waals surface area contributed by atoms with E-state index in [4.69, 9.17) is 21.1 Å². The first-order valence-corrected chi connectivity index (χ1v) is 8.35. The largest absolute Gasteiger partial charge is 0.481 e. The molecular weight excluding hydrogens is 334 g/mol. The molecular formula is C17H22ClNO5. The van der Waals surface area contributed by atoms with Gasteiger partial charge in [-0.25, -0.2) is 0 Å². The zero-order valence-electron chi connectivity index (χ0n) is 13.5. The van der Waals surface area contributed by atoms with Gasteiger partial charge < -0.3 is 19.9 Å². The summed E-state index contributed by atoms with van der Waals surface area (Å²) >= 11 is 5.88. The van der Waals surface area contributed by atoms with Crippen LogP contribution in [0.3, 0.4) is 0 Å². The first-order chi connectivity index (χ1) is 11.5. The minimum atomic E-state index is -0.898. The Labute approximate surface area is 146 Å². The van der Waals surface area contributed by atoms with Crippen molar-refractivity contribution in [1.29, 1.82) is 0 Å². The molecule has 0 radical (unpaired) electrons. The van der Waals surface area contributed by atoms with Crippen LogP contribution in [-0.2, 0) is 14.3 Å². The minimum Gasteiger partial charge on any atom is -0.481 e. The van der Waals surface area contributed by atoms with Crippen LogP contribution >= 0.6 is 11.6 Å². The summed E-state index contributed by atoms with van der Waals surface area (Å²) < 4.78 is 10.8. The lowest BCUT2D eigenvalue weighted by Crippen LogP contribution is -2.43. The second-order valence-corrected chi connectivity index (χ2v) is 6.29. The molecule has 0 bridgehead atoms. The summed E-state index contributed by atoms with van der Waals surface area (Å²) in [6.45, 7) is 2.83. The fourth-order valence-electron chi connectivity index (χ4n) is 2.73. The number of amides is 1. The molecule has 1 aliphatic rings. The number of carboxylic acids is 1. The summed E-state index contributed by atoms with van der Waals surface area (Å²) in [5.74, 6) is -1.36. The first kappa shape index (κ1) is 18.5. The molecule has 6 nitrogen and oxygen atoms in total. The fraction of sp³-hybridized carbons (Fsp3) is 0.529. The fourth-order valence-corrected chi connectivity index (χ4v) is 2.91. The van der Waals surface area contributed by atoms with Gasteiger partial charge in [0.2, 0.25) is 0 Å². The van der Waals surface area contributed by atoms with Gasteiger partial charge in [-0.15, -0.1) is 0 Å². The van der Waals surface area contributed by atoms with Crippen LogP contribution in [0.5, 0.6) is 5.75 Å². The van der Waals surface area contributed by atoms with Crippen molar-refractivity contribution in [3.8, 4) is 5.75 Å². The maximum Gasteiger partial charge on any atom is 0.308 e. The number of benzene rings is 1. The van der Waals surface area contributed by atoms with Gasteiger partial charge in [0.25, 0.3) is 5.91 Å². The molecule has 1 aromatic carbocycles. The molecule has 1 aromatic rings. The lowest BCUT2D eigenvalue weighted by Gasteiger charge is -2.28. The average Bonchev–Trinajstić information content (AvgIpc) is 2.55. The van der Waals surface area contributed by atoms with Crippen LogP contribution < -0.4 is 10.1 Å². The van der Waals surface area contributed by atoms with Crippen LogP contribution in [0.25, 0.3) is 0 Å². The Balaban J connectivity index is 1.86. The molecule has 1 saturated heterocycles. The van der Waals surface area contributed by atoms with Crippen molar-refractivity contribution in [3.05, 3.63) is 29.3 Å². The molecule has 2 atom stereocenters. The van der Waals surface area contributed by atoms with Crippen LogP contribution in [-0.4, -0.2) is 42.8 Å². The van der Waals surface area contributed by atoms with Gasteiger partial charge in [-0.2, -0.15) is 0 Å². The van der Waals surface area contributed by atoms with Crippen molar-refractivity contribution in [2.75, 3.05) is 19.8 Å². The standard InChI is InChI=1S/C17H22ClNO5/c1-11(24-14-4-2-3-13(18)9-14)16(20)19-10-15(17(21)22)12-5-7-23-8-6-12/h2-4,9,11-12,15H,5-8,10H2,1H3,(H,19,20)(H,21,22). The molecule has 0 aromatic heterocycles. The Morgan fingerprint density at radius 1 is 1.42 bits per heavy atom. The topological polar surface area (TPSA) is 84.9 Å². The lowest BCUT2D eigenvalue weighted by atomic mass is 9.86. The zero-order chi connectivity index (χ0) is 17.5.